The van der Waals surface area contributed by atoms with E-state index in [4.69, 9.17) is 4.42 Å². The van der Waals surface area contributed by atoms with Crippen LogP contribution in [0.15, 0.2) is 28.7 Å². The van der Waals surface area contributed by atoms with Crippen LogP contribution in [0.4, 0.5) is 13.2 Å². The first-order valence-corrected chi connectivity index (χ1v) is 5.18. The summed E-state index contributed by atoms with van der Waals surface area (Å²) >= 11 is 0. The standard InChI is InChI=1S/C12H10F3NO2.ClH/c1-7-8(2)18-11(16(7)17)9-3-5-10(6-4-9)12(13,14)15;/h3-6H,1-2H3;1H. The summed E-state index contributed by atoms with van der Waals surface area (Å²) in [5.74, 6) is 0.443. The van der Waals surface area contributed by atoms with Crippen LogP contribution in [0.2, 0.25) is 0 Å². The second-order valence-corrected chi connectivity index (χ2v) is 3.92. The van der Waals surface area contributed by atoms with Crippen LogP contribution in [-0.4, -0.2) is 0 Å². The van der Waals surface area contributed by atoms with E-state index >= 15 is 0 Å². The predicted molar refractivity (Wildman–Crippen MR) is 64.8 cm³/mol. The zero-order valence-electron chi connectivity index (χ0n) is 10.1. The number of halogens is 4. The second kappa shape index (κ2) is 5.13. The Bertz CT molecular complexity index is 576. The monoisotopic (exact) mass is 293 g/mol. The highest BCUT2D eigenvalue weighted by Gasteiger charge is 2.30. The van der Waals surface area contributed by atoms with Gasteiger partial charge in [0, 0.05) is 13.8 Å². The molecular formula is C12H11ClF3NO2. The van der Waals surface area contributed by atoms with Gasteiger partial charge in [-0.05, 0) is 24.3 Å². The quantitative estimate of drug-likeness (QED) is 0.595. The molecule has 1 heterocycles. The van der Waals surface area contributed by atoms with Gasteiger partial charge in [0.15, 0.2) is 5.76 Å². The fraction of sp³-hybridized carbons (Fsp3) is 0.250. The molecular weight excluding hydrogens is 283 g/mol. The van der Waals surface area contributed by atoms with Gasteiger partial charge in [0.1, 0.15) is 0 Å². The molecule has 0 atom stereocenters. The Morgan fingerprint density at radius 2 is 1.63 bits per heavy atom. The number of nitrogens with zero attached hydrogens (tertiary/aromatic N) is 1. The molecule has 0 aliphatic rings. The van der Waals surface area contributed by atoms with E-state index in [1.165, 1.54) is 12.1 Å². The van der Waals surface area contributed by atoms with E-state index in [1.807, 2.05) is 0 Å². The molecule has 3 nitrogen and oxygen atoms in total. The Kier molecular flexibility index (Phi) is 4.15. The summed E-state index contributed by atoms with van der Waals surface area (Å²) in [4.78, 5) is 0. The van der Waals surface area contributed by atoms with Crippen LogP contribution in [0, 0.1) is 19.1 Å². The van der Waals surface area contributed by atoms with Crippen molar-refractivity contribution in [2.45, 2.75) is 20.0 Å². The van der Waals surface area contributed by atoms with Gasteiger partial charge in [-0.25, -0.2) is 0 Å². The third-order valence-corrected chi connectivity index (χ3v) is 2.71. The predicted octanol–water partition coefficient (Wildman–Crippen LogP) is 3.64. The van der Waals surface area contributed by atoms with Crippen LogP contribution in [-0.2, 0) is 6.18 Å². The molecule has 0 saturated carbocycles. The molecule has 104 valence electrons. The van der Waals surface area contributed by atoms with Crippen molar-refractivity contribution in [2.24, 2.45) is 0 Å². The molecule has 7 heteroatoms. The average Bonchev–Trinajstić information content (AvgIpc) is 2.56. The molecule has 1 aromatic carbocycles. The van der Waals surface area contributed by atoms with E-state index in [0.29, 0.717) is 21.7 Å². The number of alkyl halides is 3. The number of aryl methyl sites for hydroxylation is 1. The van der Waals surface area contributed by atoms with Gasteiger partial charge in [0.2, 0.25) is 5.69 Å². The third kappa shape index (κ3) is 2.84. The first kappa shape index (κ1) is 15.4. The summed E-state index contributed by atoms with van der Waals surface area (Å²) in [6.07, 6.45) is -4.39. The number of hydrogen-bond donors (Lipinski definition) is 0. The van der Waals surface area contributed by atoms with Gasteiger partial charge < -0.3 is 9.62 Å². The summed E-state index contributed by atoms with van der Waals surface area (Å²) in [6, 6.07) is 4.27. The molecule has 0 fully saturated rings. The van der Waals surface area contributed by atoms with E-state index in [0.717, 1.165) is 12.1 Å². The number of oxazole rings is 1. The van der Waals surface area contributed by atoms with Gasteiger partial charge in [0.05, 0.1) is 11.1 Å². The summed E-state index contributed by atoms with van der Waals surface area (Å²) in [5.41, 5.74) is -0.0530. The van der Waals surface area contributed by atoms with Crippen molar-refractivity contribution in [3.63, 3.8) is 0 Å². The molecule has 0 radical (unpaired) electrons. The molecule has 0 aliphatic heterocycles. The Morgan fingerprint density at radius 3 is 2.00 bits per heavy atom. The smallest absolute Gasteiger partial charge is 0.416 e. The normalized spacial score (nSPS) is 11.2. The number of hydrogen-bond acceptors (Lipinski definition) is 2. The Labute approximate surface area is 113 Å². The van der Waals surface area contributed by atoms with Crippen molar-refractivity contribution in [3.8, 4) is 11.5 Å². The molecule has 1 aromatic heterocycles. The topological polar surface area (TPSA) is 40.1 Å². The lowest BCUT2D eigenvalue weighted by Crippen LogP contribution is -2.29. The molecule has 0 N–H and O–H groups in total. The minimum Gasteiger partial charge on any atom is -0.616 e. The van der Waals surface area contributed by atoms with Gasteiger partial charge in [0.25, 0.3) is 0 Å². The van der Waals surface area contributed by atoms with Gasteiger partial charge in [-0.1, -0.05) is 0 Å². The van der Waals surface area contributed by atoms with Crippen molar-refractivity contribution >= 4 is 12.4 Å². The Morgan fingerprint density at radius 1 is 1.11 bits per heavy atom. The minimum absolute atomic E-state index is 0. The molecule has 0 spiro atoms. The lowest BCUT2D eigenvalue weighted by molar-refractivity contribution is -0.602. The molecule has 0 saturated heterocycles. The largest absolute Gasteiger partial charge is 0.616 e. The van der Waals surface area contributed by atoms with Crippen molar-refractivity contribution in [3.05, 3.63) is 46.5 Å². The van der Waals surface area contributed by atoms with Crippen molar-refractivity contribution in [2.75, 3.05) is 0 Å². The molecule has 0 aliphatic carbocycles. The van der Waals surface area contributed by atoms with Gasteiger partial charge >= 0.3 is 12.1 Å². The summed E-state index contributed by atoms with van der Waals surface area (Å²) in [6.45, 7) is 3.21. The number of rotatable bonds is 1. The maximum atomic E-state index is 12.4. The number of aromatic nitrogens is 1. The lowest BCUT2D eigenvalue weighted by atomic mass is 10.1. The minimum atomic E-state index is -4.39. The maximum absolute atomic E-state index is 12.4. The van der Waals surface area contributed by atoms with Gasteiger partial charge in [-0.3, -0.25) is 0 Å². The first-order valence-electron chi connectivity index (χ1n) is 5.18. The van der Waals surface area contributed by atoms with E-state index in [2.05, 4.69) is 0 Å². The Hall–Kier alpha value is -1.69. The lowest BCUT2D eigenvalue weighted by Gasteiger charge is -2.05. The van der Waals surface area contributed by atoms with Crippen LogP contribution in [0.3, 0.4) is 0 Å². The number of benzene rings is 1. The highest BCUT2D eigenvalue weighted by atomic mass is 35.5. The Balaban J connectivity index is 0.00000180. The van der Waals surface area contributed by atoms with E-state index < -0.39 is 11.7 Å². The van der Waals surface area contributed by atoms with Crippen molar-refractivity contribution in [1.82, 2.24) is 0 Å². The molecule has 2 rings (SSSR count). The highest BCUT2D eigenvalue weighted by molar-refractivity contribution is 5.85. The fourth-order valence-electron chi connectivity index (χ4n) is 1.53. The van der Waals surface area contributed by atoms with Crippen LogP contribution >= 0.6 is 12.4 Å². The first-order chi connectivity index (χ1) is 8.30. The SMILES string of the molecule is Cc1oc(-c2ccc(C(F)(F)F)cc2)[n+]([O-])c1C.Cl. The van der Waals surface area contributed by atoms with Crippen molar-refractivity contribution < 1.29 is 22.3 Å². The van der Waals surface area contributed by atoms with Crippen LogP contribution in [0.1, 0.15) is 17.0 Å². The third-order valence-electron chi connectivity index (χ3n) is 2.71. The van der Waals surface area contributed by atoms with Crippen LogP contribution in [0.25, 0.3) is 11.5 Å². The zero-order chi connectivity index (χ0) is 13.5. The summed E-state index contributed by atoms with van der Waals surface area (Å²) < 4.78 is 42.9. The van der Waals surface area contributed by atoms with E-state index in [-0.39, 0.29) is 18.3 Å². The zero-order valence-corrected chi connectivity index (χ0v) is 10.9. The second-order valence-electron chi connectivity index (χ2n) is 3.92. The maximum Gasteiger partial charge on any atom is 0.416 e. The molecule has 2 aromatic rings. The van der Waals surface area contributed by atoms with Crippen LogP contribution in [0.5, 0.6) is 0 Å². The van der Waals surface area contributed by atoms with E-state index in [9.17, 15) is 18.4 Å². The molecule has 0 unspecified atom stereocenters. The summed E-state index contributed by atoms with van der Waals surface area (Å²) in [5, 5.41) is 11.7. The molecule has 19 heavy (non-hydrogen) atoms. The van der Waals surface area contributed by atoms with E-state index in [1.54, 1.807) is 13.8 Å². The fourth-order valence-corrected chi connectivity index (χ4v) is 1.53. The van der Waals surface area contributed by atoms with Crippen LogP contribution < -0.4 is 4.73 Å². The highest BCUT2D eigenvalue weighted by Crippen LogP contribution is 2.30. The summed E-state index contributed by atoms with van der Waals surface area (Å²) in [7, 11) is 0. The van der Waals surface area contributed by atoms with Gasteiger partial charge in [-0.2, -0.15) is 13.2 Å². The van der Waals surface area contributed by atoms with Gasteiger partial charge in [-0.15, -0.1) is 17.1 Å². The molecule has 0 bridgehead atoms. The molecule has 0 amide bonds. The van der Waals surface area contributed by atoms with Crippen molar-refractivity contribution in [1.29, 1.82) is 0 Å². The average molecular weight is 294 g/mol.